The minimum absolute atomic E-state index is 0.00301. The molecule has 0 saturated heterocycles. The van der Waals surface area contributed by atoms with Crippen LogP contribution < -0.4 is 5.32 Å². The first-order chi connectivity index (χ1) is 13.5. The lowest BCUT2D eigenvalue weighted by atomic mass is 10.1. The summed E-state index contributed by atoms with van der Waals surface area (Å²) in [4.78, 5) is 23.6. The van der Waals surface area contributed by atoms with Gasteiger partial charge in [0.05, 0.1) is 5.75 Å². The van der Waals surface area contributed by atoms with Gasteiger partial charge in [0.1, 0.15) is 0 Å². The van der Waals surface area contributed by atoms with Gasteiger partial charge in [-0.2, -0.15) is 0 Å². The van der Waals surface area contributed by atoms with E-state index in [2.05, 4.69) is 21.6 Å². The van der Waals surface area contributed by atoms with Crippen LogP contribution in [-0.2, 0) is 11.3 Å². The number of aromatic nitrogens is 3. The number of carbonyl (C=O) groups excluding carboxylic acids is 2. The van der Waals surface area contributed by atoms with Crippen molar-refractivity contribution in [1.29, 1.82) is 0 Å². The molecule has 3 rings (SSSR count). The molecule has 2 aromatic carbocycles. The molecule has 1 aromatic heterocycles. The maximum atomic E-state index is 12.3. The van der Waals surface area contributed by atoms with Gasteiger partial charge in [0.2, 0.25) is 5.91 Å². The third-order valence-corrected chi connectivity index (χ3v) is 5.18. The van der Waals surface area contributed by atoms with E-state index in [1.807, 2.05) is 36.6 Å². The van der Waals surface area contributed by atoms with Crippen molar-refractivity contribution in [3.63, 3.8) is 0 Å². The predicted molar refractivity (Wildman–Crippen MR) is 112 cm³/mol. The van der Waals surface area contributed by atoms with E-state index in [0.717, 1.165) is 17.0 Å². The molecule has 0 aliphatic carbocycles. The van der Waals surface area contributed by atoms with E-state index in [-0.39, 0.29) is 17.4 Å². The van der Waals surface area contributed by atoms with Crippen LogP contribution in [0.3, 0.4) is 0 Å². The highest BCUT2D eigenvalue weighted by molar-refractivity contribution is 7.99. The van der Waals surface area contributed by atoms with Gasteiger partial charge in [-0.3, -0.25) is 9.59 Å². The van der Waals surface area contributed by atoms with E-state index >= 15 is 0 Å². The lowest BCUT2D eigenvalue weighted by molar-refractivity contribution is -0.113. The lowest BCUT2D eigenvalue weighted by Crippen LogP contribution is -2.14. The molecular formula is C21H22N4O2S. The van der Waals surface area contributed by atoms with Crippen molar-refractivity contribution in [3.05, 3.63) is 59.7 Å². The highest BCUT2D eigenvalue weighted by Crippen LogP contribution is 2.24. The van der Waals surface area contributed by atoms with Gasteiger partial charge in [0.15, 0.2) is 16.8 Å². The summed E-state index contributed by atoms with van der Waals surface area (Å²) < 4.78 is 2.01. The van der Waals surface area contributed by atoms with Crippen LogP contribution >= 0.6 is 11.8 Å². The number of carbonyl (C=O) groups is 2. The number of benzene rings is 2. The molecule has 0 unspecified atom stereocenters. The smallest absolute Gasteiger partial charge is 0.234 e. The Morgan fingerprint density at radius 2 is 1.86 bits per heavy atom. The average molecular weight is 395 g/mol. The standard InChI is InChI=1S/C21H22N4O2S/c1-4-25-20(17-7-5-6-14(2)12-17)23-24-21(25)28-13-19(27)22-18-10-8-16(9-11-18)15(3)26/h5-12H,4,13H2,1-3H3,(H,22,27). The highest BCUT2D eigenvalue weighted by atomic mass is 32.2. The van der Waals surface area contributed by atoms with E-state index in [4.69, 9.17) is 0 Å². The van der Waals surface area contributed by atoms with Crippen LogP contribution in [0.15, 0.2) is 53.7 Å². The van der Waals surface area contributed by atoms with Gasteiger partial charge >= 0.3 is 0 Å². The van der Waals surface area contributed by atoms with E-state index in [1.165, 1.54) is 18.7 Å². The van der Waals surface area contributed by atoms with E-state index in [1.54, 1.807) is 24.3 Å². The Kier molecular flexibility index (Phi) is 6.26. The zero-order chi connectivity index (χ0) is 20.1. The molecule has 3 aromatic rings. The molecule has 0 bridgehead atoms. The minimum Gasteiger partial charge on any atom is -0.325 e. The van der Waals surface area contributed by atoms with Crippen molar-refractivity contribution in [2.24, 2.45) is 0 Å². The molecule has 0 atom stereocenters. The Morgan fingerprint density at radius 3 is 2.50 bits per heavy atom. The third kappa shape index (κ3) is 4.67. The number of amides is 1. The first-order valence-corrected chi connectivity index (χ1v) is 10.0. The maximum absolute atomic E-state index is 12.3. The van der Waals surface area contributed by atoms with Gasteiger partial charge in [-0.15, -0.1) is 10.2 Å². The van der Waals surface area contributed by atoms with E-state index in [0.29, 0.717) is 23.0 Å². The summed E-state index contributed by atoms with van der Waals surface area (Å²) in [5.41, 5.74) is 3.45. The molecule has 0 aliphatic rings. The fraction of sp³-hybridized carbons (Fsp3) is 0.238. The minimum atomic E-state index is -0.136. The van der Waals surface area contributed by atoms with Crippen LogP contribution in [0.2, 0.25) is 0 Å². The fourth-order valence-corrected chi connectivity index (χ4v) is 3.60. The van der Waals surface area contributed by atoms with Gasteiger partial charge in [-0.1, -0.05) is 35.5 Å². The summed E-state index contributed by atoms with van der Waals surface area (Å²) in [6, 6.07) is 15.0. The number of anilines is 1. The molecule has 0 spiro atoms. The number of hydrogen-bond donors (Lipinski definition) is 1. The zero-order valence-corrected chi connectivity index (χ0v) is 16.9. The molecule has 0 radical (unpaired) electrons. The third-order valence-electron chi connectivity index (χ3n) is 4.22. The van der Waals surface area contributed by atoms with Crippen LogP contribution in [0, 0.1) is 6.92 Å². The Labute approximate surface area is 168 Å². The van der Waals surface area contributed by atoms with Crippen molar-refractivity contribution in [2.75, 3.05) is 11.1 Å². The summed E-state index contributed by atoms with van der Waals surface area (Å²) in [5, 5.41) is 12.1. The number of nitrogens with one attached hydrogen (secondary N) is 1. The van der Waals surface area contributed by atoms with E-state index in [9.17, 15) is 9.59 Å². The lowest BCUT2D eigenvalue weighted by Gasteiger charge is -2.08. The van der Waals surface area contributed by atoms with Crippen molar-refractivity contribution >= 4 is 29.1 Å². The van der Waals surface area contributed by atoms with Crippen LogP contribution in [0.4, 0.5) is 5.69 Å². The molecule has 0 fully saturated rings. The van der Waals surface area contributed by atoms with E-state index < -0.39 is 0 Å². The Balaban J connectivity index is 1.65. The molecule has 7 heteroatoms. The van der Waals surface area contributed by atoms with Crippen LogP contribution in [0.25, 0.3) is 11.4 Å². The molecule has 144 valence electrons. The zero-order valence-electron chi connectivity index (χ0n) is 16.1. The topological polar surface area (TPSA) is 76.9 Å². The Morgan fingerprint density at radius 1 is 1.11 bits per heavy atom. The molecule has 1 N–H and O–H groups in total. The number of Topliss-reactive ketones (excluding diaryl/α,β-unsaturated/α-hetero) is 1. The van der Waals surface area contributed by atoms with Gasteiger partial charge in [-0.25, -0.2) is 0 Å². The van der Waals surface area contributed by atoms with Crippen molar-refractivity contribution in [1.82, 2.24) is 14.8 Å². The summed E-state index contributed by atoms with van der Waals surface area (Å²) in [6.07, 6.45) is 0. The van der Waals surface area contributed by atoms with Crippen molar-refractivity contribution in [3.8, 4) is 11.4 Å². The molecule has 0 saturated carbocycles. The monoisotopic (exact) mass is 394 g/mol. The maximum Gasteiger partial charge on any atom is 0.234 e. The summed E-state index contributed by atoms with van der Waals surface area (Å²) in [7, 11) is 0. The normalized spacial score (nSPS) is 10.7. The van der Waals surface area contributed by atoms with Gasteiger partial charge < -0.3 is 9.88 Å². The largest absolute Gasteiger partial charge is 0.325 e. The summed E-state index contributed by atoms with van der Waals surface area (Å²) in [5.74, 6) is 0.884. The molecule has 0 aliphatic heterocycles. The quantitative estimate of drug-likeness (QED) is 0.480. The van der Waals surface area contributed by atoms with Crippen LogP contribution in [0.5, 0.6) is 0 Å². The second-order valence-electron chi connectivity index (χ2n) is 6.39. The summed E-state index contributed by atoms with van der Waals surface area (Å²) >= 11 is 1.35. The number of aryl methyl sites for hydroxylation is 1. The van der Waals surface area contributed by atoms with Gasteiger partial charge in [0.25, 0.3) is 0 Å². The number of rotatable bonds is 7. The molecule has 28 heavy (non-hydrogen) atoms. The molecular weight excluding hydrogens is 372 g/mol. The van der Waals surface area contributed by atoms with Gasteiger partial charge in [-0.05, 0) is 51.1 Å². The van der Waals surface area contributed by atoms with Crippen LogP contribution in [-0.4, -0.2) is 32.2 Å². The average Bonchev–Trinajstić information content (AvgIpc) is 3.09. The first-order valence-electron chi connectivity index (χ1n) is 9.02. The second-order valence-corrected chi connectivity index (χ2v) is 7.33. The Bertz CT molecular complexity index is 996. The van der Waals surface area contributed by atoms with Crippen molar-refractivity contribution in [2.45, 2.75) is 32.5 Å². The van der Waals surface area contributed by atoms with Crippen LogP contribution in [0.1, 0.15) is 29.8 Å². The predicted octanol–water partition coefficient (Wildman–Crippen LogP) is 4.21. The summed E-state index contributed by atoms with van der Waals surface area (Å²) in [6.45, 7) is 6.30. The Hall–Kier alpha value is -2.93. The highest BCUT2D eigenvalue weighted by Gasteiger charge is 2.15. The number of nitrogens with zero attached hydrogens (tertiary/aromatic N) is 3. The molecule has 1 amide bonds. The number of hydrogen-bond acceptors (Lipinski definition) is 5. The number of ketones is 1. The van der Waals surface area contributed by atoms with Gasteiger partial charge in [0, 0.05) is 23.4 Å². The molecule has 1 heterocycles. The first kappa shape index (κ1) is 19.8. The number of thioether (sulfide) groups is 1. The van der Waals surface area contributed by atoms with Crippen molar-refractivity contribution < 1.29 is 9.59 Å². The molecule has 6 nitrogen and oxygen atoms in total. The SMILES string of the molecule is CCn1c(SCC(=O)Nc2ccc(C(C)=O)cc2)nnc1-c1cccc(C)c1. The second kappa shape index (κ2) is 8.84. The fourth-order valence-electron chi connectivity index (χ4n) is 2.79.